The zero-order valence-corrected chi connectivity index (χ0v) is 11.6. The largest absolute Gasteiger partial charge is 0.338 e. The minimum atomic E-state index is -0.420. The fourth-order valence-corrected chi connectivity index (χ4v) is 1.84. The molecule has 5 nitrogen and oxygen atoms in total. The fraction of sp³-hybridized carbons (Fsp3) is 0.818. The Morgan fingerprint density at radius 3 is 2.47 bits per heavy atom. The molecule has 4 N–H and O–H groups in total. The van der Waals surface area contributed by atoms with E-state index >= 15 is 0 Å². The average molecular weight is 261 g/mol. The summed E-state index contributed by atoms with van der Waals surface area (Å²) in [6, 6.07) is -0.420. The first-order valence-electron chi connectivity index (χ1n) is 5.81. The van der Waals surface area contributed by atoms with Crippen molar-refractivity contribution in [2.75, 3.05) is 24.6 Å². The number of hydrogen-bond acceptors (Lipinski definition) is 4. The number of carbonyl (C=O) groups is 2. The Morgan fingerprint density at radius 1 is 1.29 bits per heavy atom. The molecule has 1 unspecified atom stereocenters. The molecule has 0 rings (SSSR count). The summed E-state index contributed by atoms with van der Waals surface area (Å²) in [5.41, 5.74) is 5.46. The van der Waals surface area contributed by atoms with Gasteiger partial charge in [-0.25, -0.2) is 4.79 Å². The molecule has 17 heavy (non-hydrogen) atoms. The highest BCUT2D eigenvalue weighted by molar-refractivity contribution is 7.99. The van der Waals surface area contributed by atoms with Gasteiger partial charge in [0.2, 0.25) is 5.91 Å². The average Bonchev–Trinajstić information content (AvgIpc) is 2.26. The molecule has 6 heteroatoms. The Labute approximate surface area is 107 Å². The van der Waals surface area contributed by atoms with Gasteiger partial charge in [-0.1, -0.05) is 20.8 Å². The van der Waals surface area contributed by atoms with E-state index in [0.717, 1.165) is 5.75 Å². The van der Waals surface area contributed by atoms with Crippen molar-refractivity contribution in [3.8, 4) is 0 Å². The second kappa shape index (κ2) is 9.30. The molecule has 100 valence electrons. The normalized spacial score (nSPS) is 12.3. The maximum absolute atomic E-state index is 11.3. The van der Waals surface area contributed by atoms with E-state index in [-0.39, 0.29) is 5.91 Å². The lowest BCUT2D eigenvalue weighted by Gasteiger charge is -2.09. The van der Waals surface area contributed by atoms with Crippen molar-refractivity contribution in [3.63, 3.8) is 0 Å². The van der Waals surface area contributed by atoms with E-state index in [1.807, 2.05) is 20.8 Å². The number of hydrogen-bond donors (Lipinski definition) is 3. The zero-order chi connectivity index (χ0) is 13.3. The molecular formula is C11H23N3O2S. The summed E-state index contributed by atoms with van der Waals surface area (Å²) in [7, 11) is 0. The van der Waals surface area contributed by atoms with Crippen LogP contribution in [0, 0.1) is 11.8 Å². The van der Waals surface area contributed by atoms with Gasteiger partial charge in [-0.2, -0.15) is 11.8 Å². The Balaban J connectivity index is 3.61. The molecule has 0 bridgehead atoms. The molecule has 3 amide bonds. The van der Waals surface area contributed by atoms with Crippen molar-refractivity contribution in [1.29, 1.82) is 0 Å². The van der Waals surface area contributed by atoms with Crippen molar-refractivity contribution in [3.05, 3.63) is 0 Å². The van der Waals surface area contributed by atoms with Crippen LogP contribution in [0.4, 0.5) is 4.79 Å². The predicted octanol–water partition coefficient (Wildman–Crippen LogP) is 0.796. The monoisotopic (exact) mass is 261 g/mol. The van der Waals surface area contributed by atoms with Crippen LogP contribution in [0.1, 0.15) is 20.8 Å². The highest BCUT2D eigenvalue weighted by atomic mass is 32.2. The van der Waals surface area contributed by atoms with Crippen LogP contribution in [0.25, 0.3) is 0 Å². The highest BCUT2D eigenvalue weighted by Crippen LogP contribution is 2.06. The molecule has 0 aliphatic carbocycles. The molecule has 0 radical (unpaired) electrons. The van der Waals surface area contributed by atoms with Gasteiger partial charge in [-0.3, -0.25) is 10.1 Å². The highest BCUT2D eigenvalue weighted by Gasteiger charge is 2.08. The quantitative estimate of drug-likeness (QED) is 0.633. The maximum Gasteiger partial charge on any atom is 0.321 e. The third kappa shape index (κ3) is 10.1. The second-order valence-corrected chi connectivity index (χ2v) is 5.54. The van der Waals surface area contributed by atoms with Crippen LogP contribution in [-0.2, 0) is 4.79 Å². The van der Waals surface area contributed by atoms with Gasteiger partial charge in [-0.05, 0) is 24.1 Å². The van der Waals surface area contributed by atoms with E-state index in [1.165, 1.54) is 11.8 Å². The number of imide groups is 1. The SMILES string of the molecule is CC(C)CNC(=O)NC(=O)CSCC(C)CN. The first-order valence-corrected chi connectivity index (χ1v) is 6.96. The molecule has 0 aromatic carbocycles. The first-order chi connectivity index (χ1) is 7.95. The third-order valence-corrected chi connectivity index (χ3v) is 3.23. The maximum atomic E-state index is 11.3. The van der Waals surface area contributed by atoms with Crippen LogP contribution < -0.4 is 16.4 Å². The lowest BCUT2D eigenvalue weighted by atomic mass is 10.2. The molecule has 0 saturated heterocycles. The summed E-state index contributed by atoms with van der Waals surface area (Å²) in [4.78, 5) is 22.6. The minimum absolute atomic E-state index is 0.263. The Kier molecular flexibility index (Phi) is 8.89. The van der Waals surface area contributed by atoms with Gasteiger partial charge < -0.3 is 11.1 Å². The first kappa shape index (κ1) is 16.2. The van der Waals surface area contributed by atoms with E-state index in [2.05, 4.69) is 10.6 Å². The van der Waals surface area contributed by atoms with Gasteiger partial charge in [0.25, 0.3) is 0 Å². The number of urea groups is 1. The number of carbonyl (C=O) groups excluding carboxylic acids is 2. The molecule has 0 heterocycles. The molecular weight excluding hydrogens is 238 g/mol. The number of rotatable bonds is 7. The van der Waals surface area contributed by atoms with Crippen LogP contribution in [0.3, 0.4) is 0 Å². The summed E-state index contributed by atoms with van der Waals surface area (Å²) < 4.78 is 0. The number of nitrogens with two attached hydrogens (primary N) is 1. The predicted molar refractivity (Wildman–Crippen MR) is 71.9 cm³/mol. The van der Waals surface area contributed by atoms with Crippen molar-refractivity contribution < 1.29 is 9.59 Å². The summed E-state index contributed by atoms with van der Waals surface area (Å²) in [6.45, 7) is 7.19. The zero-order valence-electron chi connectivity index (χ0n) is 10.8. The fourth-order valence-electron chi connectivity index (χ4n) is 0.925. The summed E-state index contributed by atoms with van der Waals surface area (Å²) in [6.07, 6.45) is 0. The van der Waals surface area contributed by atoms with Crippen molar-refractivity contribution in [2.45, 2.75) is 20.8 Å². The van der Waals surface area contributed by atoms with E-state index in [9.17, 15) is 9.59 Å². The van der Waals surface area contributed by atoms with Crippen LogP contribution in [0.15, 0.2) is 0 Å². The van der Waals surface area contributed by atoms with E-state index in [4.69, 9.17) is 5.73 Å². The van der Waals surface area contributed by atoms with Gasteiger partial charge in [0.15, 0.2) is 0 Å². The van der Waals surface area contributed by atoms with E-state index < -0.39 is 6.03 Å². The van der Waals surface area contributed by atoms with Crippen molar-refractivity contribution in [2.24, 2.45) is 17.6 Å². The molecule has 0 aliphatic heterocycles. The number of thioether (sulfide) groups is 1. The summed E-state index contributed by atoms with van der Waals surface area (Å²) in [5.74, 6) is 1.62. The van der Waals surface area contributed by atoms with Crippen LogP contribution >= 0.6 is 11.8 Å². The van der Waals surface area contributed by atoms with Gasteiger partial charge in [-0.15, -0.1) is 0 Å². The van der Waals surface area contributed by atoms with Crippen LogP contribution in [0.2, 0.25) is 0 Å². The molecule has 0 aromatic rings. The molecule has 0 spiro atoms. The van der Waals surface area contributed by atoms with Crippen molar-refractivity contribution >= 4 is 23.7 Å². The molecule has 1 atom stereocenters. The van der Waals surface area contributed by atoms with Crippen LogP contribution in [-0.4, -0.2) is 36.5 Å². The lowest BCUT2D eigenvalue weighted by molar-refractivity contribution is -0.117. The van der Waals surface area contributed by atoms with Gasteiger partial charge in [0.05, 0.1) is 5.75 Å². The van der Waals surface area contributed by atoms with Gasteiger partial charge in [0.1, 0.15) is 0 Å². The molecule has 0 aliphatic rings. The van der Waals surface area contributed by atoms with Gasteiger partial charge in [0, 0.05) is 6.54 Å². The Morgan fingerprint density at radius 2 is 1.94 bits per heavy atom. The van der Waals surface area contributed by atoms with E-state index in [0.29, 0.717) is 30.7 Å². The van der Waals surface area contributed by atoms with E-state index in [1.54, 1.807) is 0 Å². The number of amides is 3. The smallest absolute Gasteiger partial charge is 0.321 e. The Hall–Kier alpha value is -0.750. The lowest BCUT2D eigenvalue weighted by Crippen LogP contribution is -2.41. The van der Waals surface area contributed by atoms with Gasteiger partial charge >= 0.3 is 6.03 Å². The minimum Gasteiger partial charge on any atom is -0.338 e. The topological polar surface area (TPSA) is 84.2 Å². The second-order valence-electron chi connectivity index (χ2n) is 4.51. The standard InChI is InChI=1S/C11H23N3O2S/c1-8(2)5-13-11(16)14-10(15)7-17-6-9(3)4-12/h8-9H,4-7,12H2,1-3H3,(H2,13,14,15,16). The summed E-state index contributed by atoms with van der Waals surface area (Å²) >= 11 is 1.49. The number of nitrogens with one attached hydrogen (secondary N) is 2. The van der Waals surface area contributed by atoms with Crippen molar-refractivity contribution in [1.82, 2.24) is 10.6 Å². The third-order valence-electron chi connectivity index (χ3n) is 1.96. The molecule has 0 fully saturated rings. The molecule has 0 saturated carbocycles. The molecule has 0 aromatic heterocycles. The Bertz CT molecular complexity index is 247. The van der Waals surface area contributed by atoms with Crippen LogP contribution in [0.5, 0.6) is 0 Å². The summed E-state index contributed by atoms with van der Waals surface area (Å²) in [5, 5.41) is 4.91.